The summed E-state index contributed by atoms with van der Waals surface area (Å²) < 4.78 is 13.8. The van der Waals surface area contributed by atoms with Crippen molar-refractivity contribution in [3.63, 3.8) is 0 Å². The van der Waals surface area contributed by atoms with Gasteiger partial charge in [0.25, 0.3) is 0 Å². The SMILES string of the molecule is CNCC1(CN(C)Cc2ccccc2F)CCC(C)CC1. The number of rotatable bonds is 6. The Bertz CT molecular complexity index is 439. The fourth-order valence-corrected chi connectivity index (χ4v) is 3.69. The standard InChI is InChI=1S/C18H29FN2/c1-15-8-10-18(11-9-15,13-20-2)14-21(3)12-16-6-4-5-7-17(16)19/h4-7,15,20H,8-14H2,1-3H3. The number of nitrogens with zero attached hydrogens (tertiary/aromatic N) is 1. The van der Waals surface area contributed by atoms with Gasteiger partial charge in [-0.25, -0.2) is 4.39 Å². The van der Waals surface area contributed by atoms with Crippen LogP contribution in [0.15, 0.2) is 24.3 Å². The predicted molar refractivity (Wildman–Crippen MR) is 86.7 cm³/mol. The van der Waals surface area contributed by atoms with Crippen molar-refractivity contribution in [1.82, 2.24) is 10.2 Å². The molecule has 0 unspecified atom stereocenters. The van der Waals surface area contributed by atoms with Crippen molar-refractivity contribution in [1.29, 1.82) is 0 Å². The average molecular weight is 292 g/mol. The first-order chi connectivity index (χ1) is 10.0. The quantitative estimate of drug-likeness (QED) is 0.860. The zero-order valence-corrected chi connectivity index (χ0v) is 13.7. The van der Waals surface area contributed by atoms with E-state index in [0.717, 1.165) is 24.6 Å². The van der Waals surface area contributed by atoms with Crippen molar-refractivity contribution in [2.24, 2.45) is 11.3 Å². The van der Waals surface area contributed by atoms with Crippen LogP contribution in [0.2, 0.25) is 0 Å². The molecule has 0 radical (unpaired) electrons. The summed E-state index contributed by atoms with van der Waals surface area (Å²) in [6, 6.07) is 7.11. The maximum absolute atomic E-state index is 13.8. The molecule has 118 valence electrons. The minimum absolute atomic E-state index is 0.0933. The highest BCUT2D eigenvalue weighted by molar-refractivity contribution is 5.17. The van der Waals surface area contributed by atoms with Crippen LogP contribution < -0.4 is 5.32 Å². The molecule has 3 heteroatoms. The highest BCUT2D eigenvalue weighted by Crippen LogP contribution is 2.39. The third-order valence-corrected chi connectivity index (χ3v) is 4.89. The van der Waals surface area contributed by atoms with Crippen LogP contribution >= 0.6 is 0 Å². The van der Waals surface area contributed by atoms with Crippen molar-refractivity contribution in [3.05, 3.63) is 35.6 Å². The summed E-state index contributed by atoms with van der Waals surface area (Å²) in [5.41, 5.74) is 1.14. The lowest BCUT2D eigenvalue weighted by Gasteiger charge is -2.42. The molecule has 1 aromatic carbocycles. The zero-order valence-electron chi connectivity index (χ0n) is 13.7. The lowest BCUT2D eigenvalue weighted by atomic mass is 9.70. The summed E-state index contributed by atoms with van der Waals surface area (Å²) in [6.07, 6.45) is 5.18. The summed E-state index contributed by atoms with van der Waals surface area (Å²) in [5, 5.41) is 3.37. The van der Waals surface area contributed by atoms with E-state index in [1.165, 1.54) is 25.7 Å². The van der Waals surface area contributed by atoms with Crippen molar-refractivity contribution in [2.45, 2.75) is 39.2 Å². The van der Waals surface area contributed by atoms with E-state index >= 15 is 0 Å². The van der Waals surface area contributed by atoms with Crippen LogP contribution in [-0.2, 0) is 6.54 Å². The molecule has 0 heterocycles. The minimum atomic E-state index is -0.0933. The van der Waals surface area contributed by atoms with Gasteiger partial charge in [0, 0.05) is 25.2 Å². The molecule has 0 aromatic heterocycles. The van der Waals surface area contributed by atoms with E-state index < -0.39 is 0 Å². The second kappa shape index (κ2) is 7.37. The van der Waals surface area contributed by atoms with Gasteiger partial charge in [-0.3, -0.25) is 0 Å². The first-order valence-corrected chi connectivity index (χ1v) is 8.11. The van der Waals surface area contributed by atoms with E-state index in [1.54, 1.807) is 12.1 Å². The lowest BCUT2D eigenvalue weighted by molar-refractivity contribution is 0.0974. The van der Waals surface area contributed by atoms with Gasteiger partial charge in [-0.15, -0.1) is 0 Å². The van der Waals surface area contributed by atoms with E-state index in [-0.39, 0.29) is 5.82 Å². The molecule has 1 fully saturated rings. The second-order valence-corrected chi connectivity index (χ2v) is 6.98. The molecule has 0 bridgehead atoms. The van der Waals surface area contributed by atoms with Crippen molar-refractivity contribution in [2.75, 3.05) is 27.2 Å². The Kier molecular flexibility index (Phi) is 5.77. The normalized spacial score (nSPS) is 26.2. The van der Waals surface area contributed by atoms with Crippen LogP contribution in [0.4, 0.5) is 4.39 Å². The van der Waals surface area contributed by atoms with E-state index in [2.05, 4.69) is 24.2 Å². The van der Waals surface area contributed by atoms with Crippen LogP contribution in [0.5, 0.6) is 0 Å². The molecule has 0 saturated heterocycles. The van der Waals surface area contributed by atoms with Gasteiger partial charge in [0.05, 0.1) is 0 Å². The molecule has 0 amide bonds. The Balaban J connectivity index is 1.98. The topological polar surface area (TPSA) is 15.3 Å². The molecule has 1 aliphatic carbocycles. The zero-order chi connectivity index (χ0) is 15.3. The number of nitrogens with one attached hydrogen (secondary N) is 1. The molecule has 1 aromatic rings. The smallest absolute Gasteiger partial charge is 0.127 e. The molecular formula is C18H29FN2. The summed E-state index contributed by atoms with van der Waals surface area (Å²) >= 11 is 0. The van der Waals surface area contributed by atoms with Gasteiger partial charge in [-0.1, -0.05) is 38.0 Å². The summed E-state index contributed by atoms with van der Waals surface area (Å²) in [5.74, 6) is 0.760. The van der Waals surface area contributed by atoms with Gasteiger partial charge in [0.2, 0.25) is 0 Å². The Hall–Kier alpha value is -0.930. The monoisotopic (exact) mass is 292 g/mol. The molecule has 1 N–H and O–H groups in total. The van der Waals surface area contributed by atoms with Crippen LogP contribution in [0, 0.1) is 17.2 Å². The van der Waals surface area contributed by atoms with Gasteiger partial charge < -0.3 is 10.2 Å². The van der Waals surface area contributed by atoms with Gasteiger partial charge in [-0.2, -0.15) is 0 Å². The van der Waals surface area contributed by atoms with Gasteiger partial charge in [0.1, 0.15) is 5.82 Å². The molecule has 2 nitrogen and oxygen atoms in total. The second-order valence-electron chi connectivity index (χ2n) is 6.98. The average Bonchev–Trinajstić information content (AvgIpc) is 2.45. The first kappa shape index (κ1) is 16.4. The molecule has 0 spiro atoms. The van der Waals surface area contributed by atoms with Gasteiger partial charge in [0.15, 0.2) is 0 Å². The van der Waals surface area contributed by atoms with E-state index in [4.69, 9.17) is 0 Å². The van der Waals surface area contributed by atoms with Gasteiger partial charge >= 0.3 is 0 Å². The fourth-order valence-electron chi connectivity index (χ4n) is 3.69. The summed E-state index contributed by atoms with van der Waals surface area (Å²) in [6.45, 7) is 5.14. The molecule has 0 aliphatic heterocycles. The maximum Gasteiger partial charge on any atom is 0.127 e. The third kappa shape index (κ3) is 4.52. The maximum atomic E-state index is 13.8. The highest BCUT2D eigenvalue weighted by Gasteiger charge is 2.34. The third-order valence-electron chi connectivity index (χ3n) is 4.89. The number of hydrogen-bond acceptors (Lipinski definition) is 2. The van der Waals surface area contributed by atoms with E-state index in [9.17, 15) is 4.39 Å². The molecule has 0 atom stereocenters. The van der Waals surface area contributed by atoms with E-state index in [0.29, 0.717) is 12.0 Å². The van der Waals surface area contributed by atoms with Crippen LogP contribution in [0.3, 0.4) is 0 Å². The number of halogens is 1. The molecule has 21 heavy (non-hydrogen) atoms. The predicted octanol–water partition coefficient (Wildman–Crippen LogP) is 3.67. The molecule has 1 saturated carbocycles. The number of hydrogen-bond donors (Lipinski definition) is 1. The molecule has 1 aliphatic rings. The Morgan fingerprint density at radius 1 is 1.29 bits per heavy atom. The molecule has 2 rings (SSSR count). The largest absolute Gasteiger partial charge is 0.319 e. The highest BCUT2D eigenvalue weighted by atomic mass is 19.1. The Morgan fingerprint density at radius 2 is 1.95 bits per heavy atom. The van der Waals surface area contributed by atoms with Crippen LogP contribution in [0.1, 0.15) is 38.2 Å². The van der Waals surface area contributed by atoms with Crippen molar-refractivity contribution >= 4 is 0 Å². The Labute approximate surface area is 128 Å². The summed E-state index contributed by atoms with van der Waals surface area (Å²) in [7, 11) is 4.15. The van der Waals surface area contributed by atoms with Crippen molar-refractivity contribution < 1.29 is 4.39 Å². The van der Waals surface area contributed by atoms with Crippen molar-refractivity contribution in [3.8, 4) is 0 Å². The minimum Gasteiger partial charge on any atom is -0.319 e. The summed E-state index contributed by atoms with van der Waals surface area (Å²) in [4.78, 5) is 2.28. The van der Waals surface area contributed by atoms with Crippen LogP contribution in [0.25, 0.3) is 0 Å². The lowest BCUT2D eigenvalue weighted by Crippen LogP contribution is -2.44. The number of benzene rings is 1. The first-order valence-electron chi connectivity index (χ1n) is 8.11. The fraction of sp³-hybridized carbons (Fsp3) is 0.667. The Morgan fingerprint density at radius 3 is 2.57 bits per heavy atom. The van der Waals surface area contributed by atoms with Crippen LogP contribution in [-0.4, -0.2) is 32.1 Å². The molecular weight excluding hydrogens is 263 g/mol. The van der Waals surface area contributed by atoms with E-state index in [1.807, 2.05) is 19.2 Å². The van der Waals surface area contributed by atoms with Gasteiger partial charge in [-0.05, 0) is 44.3 Å².